The Kier molecular flexibility index (Phi) is 2.99. The van der Waals surface area contributed by atoms with E-state index in [-0.39, 0.29) is 11.9 Å². The SMILES string of the molecule is CCOC(=O)C1CC1c1ccc(C)cc1C. The summed E-state index contributed by atoms with van der Waals surface area (Å²) < 4.78 is 5.04. The van der Waals surface area contributed by atoms with Crippen LogP contribution in [0.5, 0.6) is 0 Å². The van der Waals surface area contributed by atoms with Crippen molar-refractivity contribution in [3.05, 3.63) is 34.9 Å². The lowest BCUT2D eigenvalue weighted by molar-refractivity contribution is -0.144. The first-order valence-corrected chi connectivity index (χ1v) is 5.87. The molecule has 16 heavy (non-hydrogen) atoms. The molecule has 2 heteroatoms. The van der Waals surface area contributed by atoms with E-state index in [0.717, 1.165) is 6.42 Å². The first-order chi connectivity index (χ1) is 7.63. The molecule has 2 nitrogen and oxygen atoms in total. The zero-order chi connectivity index (χ0) is 11.7. The molecule has 1 fully saturated rings. The van der Waals surface area contributed by atoms with Crippen molar-refractivity contribution in [2.75, 3.05) is 6.61 Å². The second-order valence-corrected chi connectivity index (χ2v) is 4.56. The molecule has 1 aliphatic rings. The molecule has 0 aromatic heterocycles. The van der Waals surface area contributed by atoms with E-state index in [0.29, 0.717) is 12.5 Å². The fourth-order valence-electron chi connectivity index (χ4n) is 2.29. The Morgan fingerprint density at radius 3 is 2.81 bits per heavy atom. The molecule has 0 radical (unpaired) electrons. The van der Waals surface area contributed by atoms with Gasteiger partial charge < -0.3 is 4.74 Å². The van der Waals surface area contributed by atoms with Crippen LogP contribution in [0.1, 0.15) is 36.0 Å². The highest BCUT2D eigenvalue weighted by molar-refractivity contribution is 5.77. The van der Waals surface area contributed by atoms with E-state index in [1.54, 1.807) is 0 Å². The standard InChI is InChI=1S/C14H18O2/c1-4-16-14(15)13-8-12(13)11-6-5-9(2)7-10(11)3/h5-7,12-13H,4,8H2,1-3H3. The van der Waals surface area contributed by atoms with E-state index >= 15 is 0 Å². The van der Waals surface area contributed by atoms with E-state index < -0.39 is 0 Å². The molecule has 1 aromatic carbocycles. The van der Waals surface area contributed by atoms with Crippen LogP contribution < -0.4 is 0 Å². The maximum atomic E-state index is 11.5. The minimum absolute atomic E-state index is 0.0347. The molecule has 1 aromatic rings. The minimum Gasteiger partial charge on any atom is -0.466 e. The van der Waals surface area contributed by atoms with Crippen LogP contribution in [-0.2, 0) is 9.53 Å². The summed E-state index contributed by atoms with van der Waals surface area (Å²) in [6.45, 7) is 6.54. The zero-order valence-corrected chi connectivity index (χ0v) is 10.1. The van der Waals surface area contributed by atoms with Gasteiger partial charge in [0.2, 0.25) is 0 Å². The third kappa shape index (κ3) is 2.11. The number of hydrogen-bond donors (Lipinski definition) is 0. The average Bonchev–Trinajstić information content (AvgIpc) is 2.98. The van der Waals surface area contributed by atoms with Crippen LogP contribution in [0.2, 0.25) is 0 Å². The van der Waals surface area contributed by atoms with Gasteiger partial charge in [0.25, 0.3) is 0 Å². The molecule has 0 saturated heterocycles. The molecule has 0 heterocycles. The Morgan fingerprint density at radius 1 is 1.44 bits per heavy atom. The predicted octanol–water partition coefficient (Wildman–Crippen LogP) is 2.97. The monoisotopic (exact) mass is 218 g/mol. The first kappa shape index (κ1) is 11.2. The highest BCUT2D eigenvalue weighted by atomic mass is 16.5. The van der Waals surface area contributed by atoms with Crippen molar-refractivity contribution in [3.63, 3.8) is 0 Å². The third-order valence-corrected chi connectivity index (χ3v) is 3.20. The topological polar surface area (TPSA) is 26.3 Å². The number of carbonyl (C=O) groups excluding carboxylic acids is 1. The van der Waals surface area contributed by atoms with Gasteiger partial charge in [-0.15, -0.1) is 0 Å². The fourth-order valence-corrected chi connectivity index (χ4v) is 2.29. The third-order valence-electron chi connectivity index (χ3n) is 3.20. The average molecular weight is 218 g/mol. The summed E-state index contributed by atoms with van der Waals surface area (Å²) in [5.74, 6) is 0.452. The van der Waals surface area contributed by atoms with E-state index in [1.807, 2.05) is 6.92 Å². The molecule has 0 bridgehead atoms. The summed E-state index contributed by atoms with van der Waals surface area (Å²) in [6.07, 6.45) is 0.947. The van der Waals surface area contributed by atoms with Crippen molar-refractivity contribution in [2.24, 2.45) is 5.92 Å². The summed E-state index contributed by atoms with van der Waals surface area (Å²) in [6, 6.07) is 6.44. The van der Waals surface area contributed by atoms with Gasteiger partial charge in [0.1, 0.15) is 0 Å². The summed E-state index contributed by atoms with van der Waals surface area (Å²) in [7, 11) is 0. The molecular formula is C14H18O2. The Balaban J connectivity index is 2.08. The van der Waals surface area contributed by atoms with Gasteiger partial charge in [0.05, 0.1) is 12.5 Å². The Labute approximate surface area is 96.6 Å². The molecule has 0 N–H and O–H groups in total. The van der Waals surface area contributed by atoms with Crippen molar-refractivity contribution >= 4 is 5.97 Å². The lowest BCUT2D eigenvalue weighted by atomic mass is 10.0. The lowest BCUT2D eigenvalue weighted by Gasteiger charge is -2.06. The Morgan fingerprint density at radius 2 is 2.19 bits per heavy atom. The molecule has 2 unspecified atom stereocenters. The van der Waals surface area contributed by atoms with Crippen LogP contribution in [0.15, 0.2) is 18.2 Å². The molecule has 0 amide bonds. The number of ether oxygens (including phenoxy) is 1. The van der Waals surface area contributed by atoms with Crippen LogP contribution in [-0.4, -0.2) is 12.6 Å². The van der Waals surface area contributed by atoms with Crippen molar-refractivity contribution in [3.8, 4) is 0 Å². The largest absolute Gasteiger partial charge is 0.466 e. The van der Waals surface area contributed by atoms with Crippen molar-refractivity contribution in [1.82, 2.24) is 0 Å². The van der Waals surface area contributed by atoms with Gasteiger partial charge in [-0.05, 0) is 44.2 Å². The highest BCUT2D eigenvalue weighted by Crippen LogP contribution is 2.49. The van der Waals surface area contributed by atoms with Crippen molar-refractivity contribution < 1.29 is 9.53 Å². The first-order valence-electron chi connectivity index (χ1n) is 5.87. The summed E-state index contributed by atoms with van der Waals surface area (Å²) >= 11 is 0. The van der Waals surface area contributed by atoms with Crippen LogP contribution in [0, 0.1) is 19.8 Å². The van der Waals surface area contributed by atoms with Gasteiger partial charge in [0.15, 0.2) is 0 Å². The highest BCUT2D eigenvalue weighted by Gasteiger charge is 2.45. The van der Waals surface area contributed by atoms with E-state index in [9.17, 15) is 4.79 Å². The molecule has 0 spiro atoms. The Hall–Kier alpha value is -1.31. The smallest absolute Gasteiger partial charge is 0.309 e. The lowest BCUT2D eigenvalue weighted by Crippen LogP contribution is -2.07. The van der Waals surface area contributed by atoms with Gasteiger partial charge >= 0.3 is 5.97 Å². The fraction of sp³-hybridized carbons (Fsp3) is 0.500. The van der Waals surface area contributed by atoms with E-state index in [2.05, 4.69) is 32.0 Å². The van der Waals surface area contributed by atoms with Crippen LogP contribution >= 0.6 is 0 Å². The van der Waals surface area contributed by atoms with Crippen LogP contribution in [0.3, 0.4) is 0 Å². The molecular weight excluding hydrogens is 200 g/mol. The summed E-state index contributed by atoms with van der Waals surface area (Å²) in [5, 5.41) is 0. The van der Waals surface area contributed by atoms with Crippen molar-refractivity contribution in [2.45, 2.75) is 33.1 Å². The number of rotatable bonds is 3. The molecule has 2 rings (SSSR count). The van der Waals surface area contributed by atoms with Gasteiger partial charge in [-0.3, -0.25) is 4.79 Å². The minimum atomic E-state index is -0.0347. The molecule has 2 atom stereocenters. The number of benzene rings is 1. The van der Waals surface area contributed by atoms with E-state index in [1.165, 1.54) is 16.7 Å². The predicted molar refractivity (Wildman–Crippen MR) is 63.4 cm³/mol. The second-order valence-electron chi connectivity index (χ2n) is 4.56. The number of aryl methyl sites for hydroxylation is 2. The maximum Gasteiger partial charge on any atom is 0.309 e. The van der Waals surface area contributed by atoms with Crippen LogP contribution in [0.4, 0.5) is 0 Å². The second kappa shape index (κ2) is 4.28. The zero-order valence-electron chi connectivity index (χ0n) is 10.1. The number of carbonyl (C=O) groups is 1. The summed E-state index contributed by atoms with van der Waals surface area (Å²) in [5.41, 5.74) is 3.87. The van der Waals surface area contributed by atoms with E-state index in [4.69, 9.17) is 4.74 Å². The quantitative estimate of drug-likeness (QED) is 0.729. The Bertz CT molecular complexity index is 409. The van der Waals surface area contributed by atoms with Gasteiger partial charge in [-0.1, -0.05) is 23.8 Å². The normalized spacial score (nSPS) is 22.9. The molecule has 1 saturated carbocycles. The molecule has 0 aliphatic heterocycles. The molecule has 1 aliphatic carbocycles. The number of esters is 1. The summed E-state index contributed by atoms with van der Waals surface area (Å²) in [4.78, 5) is 11.5. The van der Waals surface area contributed by atoms with Gasteiger partial charge in [-0.25, -0.2) is 0 Å². The van der Waals surface area contributed by atoms with Crippen molar-refractivity contribution in [1.29, 1.82) is 0 Å². The van der Waals surface area contributed by atoms with Gasteiger partial charge in [0, 0.05) is 0 Å². The number of hydrogen-bond acceptors (Lipinski definition) is 2. The maximum absolute atomic E-state index is 11.5. The molecule has 86 valence electrons. The van der Waals surface area contributed by atoms with Gasteiger partial charge in [-0.2, -0.15) is 0 Å². The van der Waals surface area contributed by atoms with Crippen LogP contribution in [0.25, 0.3) is 0 Å².